The van der Waals surface area contributed by atoms with Crippen molar-refractivity contribution in [2.75, 3.05) is 13.2 Å². The van der Waals surface area contributed by atoms with Crippen LogP contribution in [0, 0.1) is 5.92 Å². The summed E-state index contributed by atoms with van der Waals surface area (Å²) in [4.78, 5) is 12.6. The highest BCUT2D eigenvalue weighted by atomic mass is 35.5. The first-order valence-corrected chi connectivity index (χ1v) is 9.20. The summed E-state index contributed by atoms with van der Waals surface area (Å²) in [7, 11) is 0. The molecule has 0 spiro atoms. The molecular weight excluding hydrogens is 364 g/mol. The molecule has 0 saturated heterocycles. The Bertz CT molecular complexity index is 780. The Morgan fingerprint density at radius 3 is 2.44 bits per heavy atom. The molecule has 144 valence electrons. The fourth-order valence-electron chi connectivity index (χ4n) is 3.41. The quantitative estimate of drug-likeness (QED) is 0.793. The first-order valence-electron chi connectivity index (χ1n) is 9.20. The maximum atomic E-state index is 12.6. The number of amides is 1. The van der Waals surface area contributed by atoms with E-state index in [-0.39, 0.29) is 36.8 Å². The number of rotatable bonds is 6. The molecule has 1 fully saturated rings. The topological polar surface area (TPSA) is 73.6 Å². The van der Waals surface area contributed by atoms with Crippen molar-refractivity contribution in [3.8, 4) is 11.5 Å². The number of nitrogens with two attached hydrogens (primary N) is 1. The van der Waals surface area contributed by atoms with Crippen LogP contribution in [0.3, 0.4) is 0 Å². The molecular formula is C21H25ClN2O3. The van der Waals surface area contributed by atoms with Crippen LogP contribution in [-0.4, -0.2) is 19.1 Å². The molecule has 6 heteroatoms. The molecule has 3 N–H and O–H groups in total. The van der Waals surface area contributed by atoms with Gasteiger partial charge in [-0.05, 0) is 42.0 Å². The van der Waals surface area contributed by atoms with Crippen LogP contribution in [0.15, 0.2) is 48.5 Å². The molecule has 5 nitrogen and oxygen atoms in total. The maximum absolute atomic E-state index is 12.6. The van der Waals surface area contributed by atoms with E-state index in [1.54, 1.807) is 0 Å². The van der Waals surface area contributed by atoms with Crippen LogP contribution in [-0.2, 0) is 4.79 Å². The number of halogens is 1. The van der Waals surface area contributed by atoms with Gasteiger partial charge >= 0.3 is 0 Å². The van der Waals surface area contributed by atoms with Gasteiger partial charge in [0.1, 0.15) is 13.2 Å². The first-order chi connectivity index (χ1) is 12.7. The second-order valence-electron chi connectivity index (χ2n) is 7.01. The second-order valence-corrected chi connectivity index (χ2v) is 7.01. The monoisotopic (exact) mass is 388 g/mol. The largest absolute Gasteiger partial charge is 0.486 e. The van der Waals surface area contributed by atoms with Crippen LogP contribution in [0.2, 0.25) is 0 Å². The summed E-state index contributed by atoms with van der Waals surface area (Å²) in [5, 5.41) is 3.19. The highest BCUT2D eigenvalue weighted by molar-refractivity contribution is 5.85. The van der Waals surface area contributed by atoms with E-state index in [9.17, 15) is 4.79 Å². The smallest absolute Gasteiger partial charge is 0.222 e. The van der Waals surface area contributed by atoms with Gasteiger partial charge in [0.05, 0.1) is 6.04 Å². The van der Waals surface area contributed by atoms with Crippen molar-refractivity contribution in [3.63, 3.8) is 0 Å². The van der Waals surface area contributed by atoms with E-state index in [1.807, 2.05) is 48.5 Å². The number of carbonyl (C=O) groups excluding carboxylic acids is 1. The Hall–Kier alpha value is -2.24. The predicted octanol–water partition coefficient (Wildman–Crippen LogP) is 3.54. The van der Waals surface area contributed by atoms with Gasteiger partial charge in [-0.15, -0.1) is 12.4 Å². The van der Waals surface area contributed by atoms with E-state index in [0.717, 1.165) is 35.5 Å². The molecule has 2 atom stereocenters. The van der Waals surface area contributed by atoms with Crippen molar-refractivity contribution >= 4 is 18.3 Å². The van der Waals surface area contributed by atoms with Gasteiger partial charge in [0, 0.05) is 12.5 Å². The Labute approximate surface area is 165 Å². The summed E-state index contributed by atoms with van der Waals surface area (Å²) >= 11 is 0. The van der Waals surface area contributed by atoms with Gasteiger partial charge in [0.15, 0.2) is 11.5 Å². The maximum Gasteiger partial charge on any atom is 0.222 e. The fraction of sp³-hybridized carbons (Fsp3) is 0.381. The molecule has 2 aliphatic rings. The highest BCUT2D eigenvalue weighted by Gasteiger charge is 2.34. The number of hydrogen-bond donors (Lipinski definition) is 2. The standard InChI is InChI=1S/C21H24N2O3.ClH/c22-17(14-4-2-1-3-5-14)13-20(24)23-21(15-6-7-15)16-8-9-18-19(12-16)26-11-10-25-18;/h1-5,8-9,12,15,17,21H,6-7,10-11,13,22H2,(H,23,24);1H. The summed E-state index contributed by atoms with van der Waals surface area (Å²) in [6.45, 7) is 1.13. The molecule has 1 amide bonds. The van der Waals surface area contributed by atoms with Crippen molar-refractivity contribution in [1.82, 2.24) is 5.32 Å². The molecule has 0 bridgehead atoms. The van der Waals surface area contributed by atoms with Crippen LogP contribution < -0.4 is 20.5 Å². The van der Waals surface area contributed by atoms with E-state index in [4.69, 9.17) is 15.2 Å². The number of hydrogen-bond acceptors (Lipinski definition) is 4. The lowest BCUT2D eigenvalue weighted by molar-refractivity contribution is -0.122. The van der Waals surface area contributed by atoms with Crippen molar-refractivity contribution < 1.29 is 14.3 Å². The van der Waals surface area contributed by atoms with Crippen molar-refractivity contribution in [1.29, 1.82) is 0 Å². The Kier molecular flexibility index (Phi) is 6.24. The number of benzene rings is 2. The lowest BCUT2D eigenvalue weighted by atomic mass is 10.00. The van der Waals surface area contributed by atoms with Crippen molar-refractivity contribution in [2.24, 2.45) is 11.7 Å². The minimum Gasteiger partial charge on any atom is -0.486 e. The lowest BCUT2D eigenvalue weighted by Crippen LogP contribution is -2.32. The first kappa shape index (κ1) is 19.5. The molecule has 27 heavy (non-hydrogen) atoms. The zero-order valence-corrected chi connectivity index (χ0v) is 15.9. The van der Waals surface area contributed by atoms with Crippen LogP contribution >= 0.6 is 12.4 Å². The molecule has 2 aromatic rings. The Morgan fingerprint density at radius 2 is 1.74 bits per heavy atom. The molecule has 2 aromatic carbocycles. The molecule has 4 rings (SSSR count). The summed E-state index contributed by atoms with van der Waals surface area (Å²) in [5.74, 6) is 1.99. The van der Waals surface area contributed by atoms with Crippen molar-refractivity contribution in [3.05, 3.63) is 59.7 Å². The summed E-state index contributed by atoms with van der Waals surface area (Å²) in [6, 6.07) is 15.4. The second kappa shape index (κ2) is 8.63. The van der Waals surface area contributed by atoms with Crippen LogP contribution in [0.1, 0.15) is 42.5 Å². The third-order valence-corrected chi connectivity index (χ3v) is 4.97. The van der Waals surface area contributed by atoms with Gasteiger partial charge in [-0.1, -0.05) is 36.4 Å². The van der Waals surface area contributed by atoms with Gasteiger partial charge in [-0.2, -0.15) is 0 Å². The fourth-order valence-corrected chi connectivity index (χ4v) is 3.41. The van der Waals surface area contributed by atoms with Crippen LogP contribution in [0.25, 0.3) is 0 Å². The van der Waals surface area contributed by atoms with E-state index in [2.05, 4.69) is 5.32 Å². The van der Waals surface area contributed by atoms with E-state index >= 15 is 0 Å². The molecule has 0 aromatic heterocycles. The van der Waals surface area contributed by atoms with E-state index in [1.165, 1.54) is 0 Å². The van der Waals surface area contributed by atoms with Gasteiger partial charge in [0.2, 0.25) is 5.91 Å². The molecule has 1 saturated carbocycles. The SMILES string of the molecule is Cl.NC(CC(=O)NC(c1ccc2c(c1)OCCO2)C1CC1)c1ccccc1. The number of nitrogens with one attached hydrogen (secondary N) is 1. The zero-order valence-electron chi connectivity index (χ0n) is 15.1. The van der Waals surface area contributed by atoms with Gasteiger partial charge in [-0.3, -0.25) is 4.79 Å². The Morgan fingerprint density at radius 1 is 1.04 bits per heavy atom. The minimum atomic E-state index is -0.295. The molecule has 1 aliphatic carbocycles. The zero-order chi connectivity index (χ0) is 17.9. The van der Waals surface area contributed by atoms with Crippen molar-refractivity contribution in [2.45, 2.75) is 31.3 Å². The summed E-state index contributed by atoms with van der Waals surface area (Å²) in [5.41, 5.74) is 8.24. The number of carbonyl (C=O) groups is 1. The normalized spacial score (nSPS) is 17.4. The minimum absolute atomic E-state index is 0. The van der Waals surface area contributed by atoms with Gasteiger partial charge in [0.25, 0.3) is 0 Å². The van der Waals surface area contributed by atoms with Crippen LogP contribution in [0.4, 0.5) is 0 Å². The molecule has 2 unspecified atom stereocenters. The number of ether oxygens (including phenoxy) is 2. The molecule has 0 radical (unpaired) electrons. The summed E-state index contributed by atoms with van der Waals surface area (Å²) < 4.78 is 11.3. The van der Waals surface area contributed by atoms with E-state index < -0.39 is 0 Å². The predicted molar refractivity (Wildman–Crippen MR) is 106 cm³/mol. The third-order valence-electron chi connectivity index (χ3n) is 4.97. The Balaban J connectivity index is 0.00000210. The summed E-state index contributed by atoms with van der Waals surface area (Å²) in [6.07, 6.45) is 2.53. The van der Waals surface area contributed by atoms with Gasteiger partial charge < -0.3 is 20.5 Å². The average molecular weight is 389 g/mol. The molecule has 1 heterocycles. The lowest BCUT2D eigenvalue weighted by Gasteiger charge is -2.23. The average Bonchev–Trinajstić information content (AvgIpc) is 3.51. The van der Waals surface area contributed by atoms with Gasteiger partial charge in [-0.25, -0.2) is 0 Å². The highest BCUT2D eigenvalue weighted by Crippen LogP contribution is 2.43. The number of fused-ring (bicyclic) bond motifs is 1. The van der Waals surface area contributed by atoms with E-state index in [0.29, 0.717) is 19.1 Å². The molecule has 1 aliphatic heterocycles. The van der Waals surface area contributed by atoms with Crippen LogP contribution in [0.5, 0.6) is 11.5 Å². The third kappa shape index (κ3) is 4.73.